The van der Waals surface area contributed by atoms with Crippen LogP contribution in [-0.4, -0.2) is 16.0 Å². The Balaban J connectivity index is 1.74. The summed E-state index contributed by atoms with van der Waals surface area (Å²) in [5.74, 6) is 1.30. The summed E-state index contributed by atoms with van der Waals surface area (Å²) in [4.78, 5) is 15.9. The molecule has 2 aromatic rings. The average molecular weight is 273 g/mol. The van der Waals surface area contributed by atoms with Crippen molar-refractivity contribution in [1.82, 2.24) is 15.5 Å². The molecule has 0 aliphatic rings. The lowest BCUT2D eigenvalue weighted by molar-refractivity contribution is -0.121. The minimum atomic E-state index is -0.00949. The first kappa shape index (κ1) is 14.2. The highest BCUT2D eigenvalue weighted by Gasteiger charge is 2.10. The van der Waals surface area contributed by atoms with Gasteiger partial charge in [0.1, 0.15) is 0 Å². The first-order valence-corrected chi connectivity index (χ1v) is 6.78. The van der Waals surface area contributed by atoms with Crippen molar-refractivity contribution in [2.45, 2.75) is 39.2 Å². The van der Waals surface area contributed by atoms with Gasteiger partial charge in [-0.15, -0.1) is 0 Å². The van der Waals surface area contributed by atoms with Crippen LogP contribution in [0.4, 0.5) is 0 Å². The Morgan fingerprint density at radius 1 is 1.30 bits per heavy atom. The van der Waals surface area contributed by atoms with Crippen molar-refractivity contribution >= 4 is 5.91 Å². The molecule has 0 aliphatic heterocycles. The maximum atomic E-state index is 11.7. The third kappa shape index (κ3) is 4.19. The van der Waals surface area contributed by atoms with E-state index >= 15 is 0 Å². The fraction of sp³-hybridized carbons (Fsp3) is 0.400. The Hall–Kier alpha value is -2.17. The van der Waals surface area contributed by atoms with Crippen LogP contribution in [-0.2, 0) is 17.8 Å². The summed E-state index contributed by atoms with van der Waals surface area (Å²) in [7, 11) is 0. The number of hydrogen-bond donors (Lipinski definition) is 1. The number of benzene rings is 1. The molecule has 20 heavy (non-hydrogen) atoms. The quantitative estimate of drug-likeness (QED) is 0.877. The van der Waals surface area contributed by atoms with Crippen LogP contribution in [0.15, 0.2) is 34.9 Å². The summed E-state index contributed by atoms with van der Waals surface area (Å²) < 4.78 is 5.08. The van der Waals surface area contributed by atoms with E-state index < -0.39 is 0 Å². The van der Waals surface area contributed by atoms with E-state index in [4.69, 9.17) is 4.52 Å². The first-order chi connectivity index (χ1) is 9.65. The third-order valence-electron chi connectivity index (χ3n) is 2.90. The van der Waals surface area contributed by atoms with Gasteiger partial charge in [0, 0.05) is 12.3 Å². The van der Waals surface area contributed by atoms with E-state index in [0.717, 1.165) is 12.0 Å². The van der Waals surface area contributed by atoms with E-state index in [0.29, 0.717) is 24.7 Å². The van der Waals surface area contributed by atoms with Gasteiger partial charge in [0.05, 0.1) is 6.54 Å². The summed E-state index contributed by atoms with van der Waals surface area (Å²) in [6.45, 7) is 4.27. The van der Waals surface area contributed by atoms with E-state index in [9.17, 15) is 4.79 Å². The molecule has 0 radical (unpaired) electrons. The highest BCUT2D eigenvalue weighted by Crippen LogP contribution is 2.10. The van der Waals surface area contributed by atoms with Gasteiger partial charge in [-0.3, -0.25) is 4.79 Å². The van der Waals surface area contributed by atoms with Crippen molar-refractivity contribution in [3.05, 3.63) is 47.6 Å². The lowest BCUT2D eigenvalue weighted by Crippen LogP contribution is -2.23. The summed E-state index contributed by atoms with van der Waals surface area (Å²) in [5, 5.41) is 6.62. The number of nitrogens with zero attached hydrogens (tertiary/aromatic N) is 2. The molecule has 0 spiro atoms. The zero-order chi connectivity index (χ0) is 14.4. The van der Waals surface area contributed by atoms with Gasteiger partial charge in [-0.2, -0.15) is 4.98 Å². The van der Waals surface area contributed by atoms with Gasteiger partial charge in [0.15, 0.2) is 5.82 Å². The smallest absolute Gasteiger partial charge is 0.229 e. The number of carbonyl (C=O) groups is 1. The minimum absolute atomic E-state index is 0.00949. The van der Waals surface area contributed by atoms with Gasteiger partial charge in [0.2, 0.25) is 11.8 Å². The number of carbonyl (C=O) groups excluding carboxylic acids is 1. The molecule has 0 bridgehead atoms. The predicted molar refractivity (Wildman–Crippen MR) is 75.0 cm³/mol. The number of rotatable bonds is 6. The van der Waals surface area contributed by atoms with Crippen LogP contribution in [0, 0.1) is 0 Å². The maximum Gasteiger partial charge on any atom is 0.229 e. The highest BCUT2D eigenvalue weighted by molar-refractivity contribution is 5.76. The molecular weight excluding hydrogens is 254 g/mol. The maximum absolute atomic E-state index is 11.7. The second-order valence-electron chi connectivity index (χ2n) is 4.97. The fourth-order valence-electron chi connectivity index (χ4n) is 1.74. The number of amides is 1. The van der Waals surface area contributed by atoms with Crippen LogP contribution in [0.25, 0.3) is 0 Å². The van der Waals surface area contributed by atoms with Gasteiger partial charge >= 0.3 is 0 Å². The molecule has 0 unspecified atom stereocenters. The van der Waals surface area contributed by atoms with E-state index in [-0.39, 0.29) is 11.8 Å². The first-order valence-electron chi connectivity index (χ1n) is 6.78. The standard InChI is InChI=1S/C15H19N3O2/c1-11(2)15-17-13(18-20-15)10-16-14(19)9-8-12-6-4-3-5-7-12/h3-7,11H,8-10H2,1-2H3,(H,16,19). The molecule has 2 rings (SSSR count). The SMILES string of the molecule is CC(C)c1nc(CNC(=O)CCc2ccccc2)no1. The summed E-state index contributed by atoms with van der Waals surface area (Å²) in [6.07, 6.45) is 1.19. The Kier molecular flexibility index (Phi) is 4.87. The zero-order valence-electron chi connectivity index (χ0n) is 11.8. The van der Waals surface area contributed by atoms with E-state index in [1.165, 1.54) is 0 Å². The molecule has 1 amide bonds. The van der Waals surface area contributed by atoms with Crippen LogP contribution in [0.2, 0.25) is 0 Å². The lowest BCUT2D eigenvalue weighted by Gasteiger charge is -2.02. The van der Waals surface area contributed by atoms with Crippen LogP contribution in [0.1, 0.15) is 43.5 Å². The molecule has 1 N–H and O–H groups in total. The van der Waals surface area contributed by atoms with Gasteiger partial charge < -0.3 is 9.84 Å². The zero-order valence-corrected chi connectivity index (χ0v) is 11.8. The van der Waals surface area contributed by atoms with Crippen LogP contribution in [0.3, 0.4) is 0 Å². The molecule has 1 aromatic heterocycles. The molecule has 0 saturated heterocycles. The van der Waals surface area contributed by atoms with E-state index in [1.54, 1.807) is 0 Å². The Labute approximate surface area is 118 Å². The Morgan fingerprint density at radius 3 is 2.70 bits per heavy atom. The molecule has 5 heteroatoms. The van der Waals surface area contributed by atoms with Gasteiger partial charge in [0.25, 0.3) is 0 Å². The van der Waals surface area contributed by atoms with Crippen molar-refractivity contribution in [3.8, 4) is 0 Å². The van der Waals surface area contributed by atoms with E-state index in [2.05, 4.69) is 15.5 Å². The van der Waals surface area contributed by atoms with Crippen molar-refractivity contribution in [3.63, 3.8) is 0 Å². The number of aryl methyl sites for hydroxylation is 1. The third-order valence-corrected chi connectivity index (χ3v) is 2.90. The largest absolute Gasteiger partial charge is 0.349 e. The predicted octanol–water partition coefficient (Wildman–Crippen LogP) is 2.44. The average Bonchev–Trinajstić information content (AvgIpc) is 2.93. The van der Waals surface area contributed by atoms with Crippen LogP contribution < -0.4 is 5.32 Å². The molecule has 106 valence electrons. The van der Waals surface area contributed by atoms with Gasteiger partial charge in [-0.05, 0) is 12.0 Å². The van der Waals surface area contributed by atoms with Crippen LogP contribution >= 0.6 is 0 Å². The molecule has 1 heterocycles. The monoisotopic (exact) mass is 273 g/mol. The topological polar surface area (TPSA) is 68.0 Å². The summed E-state index contributed by atoms with van der Waals surface area (Å²) >= 11 is 0. The Morgan fingerprint density at radius 2 is 2.05 bits per heavy atom. The number of nitrogens with one attached hydrogen (secondary N) is 1. The molecule has 0 fully saturated rings. The fourth-order valence-corrected chi connectivity index (χ4v) is 1.74. The molecule has 0 atom stereocenters. The lowest BCUT2D eigenvalue weighted by atomic mass is 10.1. The van der Waals surface area contributed by atoms with Gasteiger partial charge in [-0.25, -0.2) is 0 Å². The van der Waals surface area contributed by atoms with Gasteiger partial charge in [-0.1, -0.05) is 49.3 Å². The second-order valence-corrected chi connectivity index (χ2v) is 4.97. The van der Waals surface area contributed by atoms with Crippen molar-refractivity contribution < 1.29 is 9.32 Å². The minimum Gasteiger partial charge on any atom is -0.349 e. The summed E-state index contributed by atoms with van der Waals surface area (Å²) in [6, 6.07) is 9.94. The highest BCUT2D eigenvalue weighted by atomic mass is 16.5. The molecule has 0 saturated carbocycles. The van der Waals surface area contributed by atoms with Crippen LogP contribution in [0.5, 0.6) is 0 Å². The normalized spacial score (nSPS) is 10.8. The van der Waals surface area contributed by atoms with Crippen molar-refractivity contribution in [2.24, 2.45) is 0 Å². The number of hydrogen-bond acceptors (Lipinski definition) is 4. The second kappa shape index (κ2) is 6.84. The summed E-state index contributed by atoms with van der Waals surface area (Å²) in [5.41, 5.74) is 1.16. The molecule has 0 aliphatic carbocycles. The van der Waals surface area contributed by atoms with E-state index in [1.807, 2.05) is 44.2 Å². The number of aromatic nitrogens is 2. The molecule has 1 aromatic carbocycles. The molecule has 5 nitrogen and oxygen atoms in total. The Bertz CT molecular complexity index is 549. The molecular formula is C15H19N3O2. The van der Waals surface area contributed by atoms with Crippen molar-refractivity contribution in [2.75, 3.05) is 0 Å². The van der Waals surface area contributed by atoms with Crippen molar-refractivity contribution in [1.29, 1.82) is 0 Å².